The highest BCUT2D eigenvalue weighted by Gasteiger charge is 2.15. The van der Waals surface area contributed by atoms with Gasteiger partial charge in [0.2, 0.25) is 0 Å². The number of phenols is 1. The number of benzene rings is 3. The van der Waals surface area contributed by atoms with Gasteiger partial charge in [-0.1, -0.05) is 42.5 Å². The maximum Gasteiger partial charge on any atom is 0.287 e. The minimum Gasteiger partial charge on any atom is -0.507 e. The minimum atomic E-state index is -0.586. The Hall–Kier alpha value is -4.39. The van der Waals surface area contributed by atoms with E-state index in [0.717, 1.165) is 24.3 Å². The van der Waals surface area contributed by atoms with Crippen LogP contribution in [0, 0.1) is 0 Å². The lowest BCUT2D eigenvalue weighted by molar-refractivity contribution is -0.117. The van der Waals surface area contributed by atoms with Crippen LogP contribution in [-0.2, 0) is 4.79 Å². The van der Waals surface area contributed by atoms with Gasteiger partial charge >= 0.3 is 0 Å². The molecule has 0 aliphatic heterocycles. The Morgan fingerprint density at radius 3 is 2.17 bits per heavy atom. The summed E-state index contributed by atoms with van der Waals surface area (Å²) < 4.78 is 0. The average molecular weight is 471 g/mol. The highest BCUT2D eigenvalue weighted by Crippen LogP contribution is 2.18. The maximum absolute atomic E-state index is 13.0. The number of nitrogens with zero attached hydrogens (tertiary/aromatic N) is 2. The van der Waals surface area contributed by atoms with Crippen molar-refractivity contribution in [2.75, 3.05) is 18.0 Å². The Labute approximate surface area is 205 Å². The van der Waals surface area contributed by atoms with E-state index in [4.69, 9.17) is 0 Å². The molecule has 0 aliphatic rings. The van der Waals surface area contributed by atoms with Crippen molar-refractivity contribution in [3.63, 3.8) is 0 Å². The number of aromatic hydroxyl groups is 1. The van der Waals surface area contributed by atoms with Crippen LogP contribution >= 0.6 is 0 Å². The molecule has 2 amide bonds. The predicted molar refractivity (Wildman–Crippen MR) is 140 cm³/mol. The molecule has 35 heavy (non-hydrogen) atoms. The van der Waals surface area contributed by atoms with E-state index in [9.17, 15) is 14.7 Å². The molecule has 0 radical (unpaired) electrons. The van der Waals surface area contributed by atoms with E-state index in [2.05, 4.69) is 34.6 Å². The number of para-hydroxylation sites is 1. The zero-order valence-electron chi connectivity index (χ0n) is 20.2. The van der Waals surface area contributed by atoms with Gasteiger partial charge in [-0.05, 0) is 68.8 Å². The fourth-order valence-corrected chi connectivity index (χ4v) is 3.51. The van der Waals surface area contributed by atoms with Crippen LogP contribution in [0.3, 0.4) is 0 Å². The summed E-state index contributed by atoms with van der Waals surface area (Å²) in [4.78, 5) is 28.0. The summed E-state index contributed by atoms with van der Waals surface area (Å²) >= 11 is 0. The summed E-state index contributed by atoms with van der Waals surface area (Å²) in [6, 6.07) is 23.1. The fourth-order valence-electron chi connectivity index (χ4n) is 3.51. The lowest BCUT2D eigenvalue weighted by Gasteiger charge is -2.21. The van der Waals surface area contributed by atoms with Gasteiger partial charge in [-0.15, -0.1) is 0 Å². The average Bonchev–Trinajstić information content (AvgIpc) is 2.89. The number of hydrogen-bond donors (Lipinski definition) is 3. The van der Waals surface area contributed by atoms with Crippen molar-refractivity contribution in [1.29, 1.82) is 0 Å². The van der Waals surface area contributed by atoms with Crippen LogP contribution in [0.4, 0.5) is 5.69 Å². The molecule has 0 unspecified atom stereocenters. The number of rotatable bonds is 9. The van der Waals surface area contributed by atoms with Crippen LogP contribution in [0.1, 0.15) is 42.3 Å². The molecule has 7 nitrogen and oxygen atoms in total. The topological polar surface area (TPSA) is 94.0 Å². The maximum atomic E-state index is 13.0. The largest absolute Gasteiger partial charge is 0.507 e. The van der Waals surface area contributed by atoms with Crippen molar-refractivity contribution in [3.05, 3.63) is 101 Å². The molecule has 0 aromatic heterocycles. The van der Waals surface area contributed by atoms with Crippen molar-refractivity contribution in [3.8, 4) is 5.75 Å². The first-order chi connectivity index (χ1) is 16.9. The van der Waals surface area contributed by atoms with Crippen molar-refractivity contribution in [2.45, 2.75) is 20.8 Å². The molecule has 0 bridgehead atoms. The fraction of sp³-hybridized carbons (Fsp3) is 0.179. The number of hydrogen-bond acceptors (Lipinski definition) is 5. The number of nitrogens with one attached hydrogen (secondary N) is 2. The van der Waals surface area contributed by atoms with Crippen LogP contribution in [0.15, 0.2) is 89.7 Å². The van der Waals surface area contributed by atoms with E-state index < -0.39 is 11.8 Å². The smallest absolute Gasteiger partial charge is 0.287 e. The Balaban J connectivity index is 1.87. The first kappa shape index (κ1) is 25.2. The van der Waals surface area contributed by atoms with Gasteiger partial charge in [-0.25, -0.2) is 5.43 Å². The molecule has 3 rings (SSSR count). The molecule has 0 saturated carbocycles. The Morgan fingerprint density at radius 1 is 0.914 bits per heavy atom. The summed E-state index contributed by atoms with van der Waals surface area (Å²) in [5.41, 5.74) is 5.70. The van der Waals surface area contributed by atoms with E-state index in [1.54, 1.807) is 61.5 Å². The van der Waals surface area contributed by atoms with Gasteiger partial charge in [0.05, 0.1) is 5.71 Å². The second kappa shape index (κ2) is 12.2. The van der Waals surface area contributed by atoms with Gasteiger partial charge in [-0.2, -0.15) is 5.10 Å². The second-order valence-corrected chi connectivity index (χ2v) is 7.80. The summed E-state index contributed by atoms with van der Waals surface area (Å²) in [5, 5.41) is 16.8. The Morgan fingerprint density at radius 2 is 1.54 bits per heavy atom. The molecule has 3 N–H and O–H groups in total. The molecule has 3 aromatic rings. The van der Waals surface area contributed by atoms with Crippen LogP contribution in [0.25, 0.3) is 6.08 Å². The SMILES string of the molecule is CCN(CC)c1ccc(C=C(NC(=O)c2ccccc2)C(=O)NN=C(C)c2ccccc2O)cc1. The lowest BCUT2D eigenvalue weighted by Crippen LogP contribution is -2.33. The molecule has 0 aliphatic carbocycles. The van der Waals surface area contributed by atoms with Gasteiger partial charge in [0.1, 0.15) is 11.4 Å². The van der Waals surface area contributed by atoms with Gasteiger partial charge in [0.15, 0.2) is 0 Å². The number of anilines is 1. The van der Waals surface area contributed by atoms with Gasteiger partial charge in [0.25, 0.3) is 11.8 Å². The second-order valence-electron chi connectivity index (χ2n) is 7.80. The highest BCUT2D eigenvalue weighted by molar-refractivity contribution is 6.06. The lowest BCUT2D eigenvalue weighted by atomic mass is 10.1. The van der Waals surface area contributed by atoms with Crippen molar-refractivity contribution in [1.82, 2.24) is 10.7 Å². The summed E-state index contributed by atoms with van der Waals surface area (Å²) in [6.07, 6.45) is 1.60. The number of hydrazone groups is 1. The van der Waals surface area contributed by atoms with Crippen LogP contribution in [-0.4, -0.2) is 35.7 Å². The molecular weight excluding hydrogens is 440 g/mol. The molecular formula is C28H30N4O3. The summed E-state index contributed by atoms with van der Waals surface area (Å²) in [6.45, 7) is 7.64. The van der Waals surface area contributed by atoms with E-state index in [1.165, 1.54) is 0 Å². The molecule has 0 spiro atoms. The van der Waals surface area contributed by atoms with Gasteiger partial charge in [0, 0.05) is 29.9 Å². The number of carbonyl (C=O) groups is 2. The number of phenolic OH excluding ortho intramolecular Hbond substituents is 1. The van der Waals surface area contributed by atoms with Crippen LogP contribution < -0.4 is 15.6 Å². The molecule has 0 atom stereocenters. The van der Waals surface area contributed by atoms with Gasteiger partial charge in [-0.3, -0.25) is 9.59 Å². The molecule has 0 saturated heterocycles. The molecule has 180 valence electrons. The van der Waals surface area contributed by atoms with E-state index >= 15 is 0 Å². The first-order valence-electron chi connectivity index (χ1n) is 11.5. The number of carbonyl (C=O) groups excluding carboxylic acids is 2. The highest BCUT2D eigenvalue weighted by atomic mass is 16.3. The normalized spacial score (nSPS) is 11.6. The zero-order chi connectivity index (χ0) is 25.2. The monoisotopic (exact) mass is 470 g/mol. The van der Waals surface area contributed by atoms with Crippen LogP contribution in [0.5, 0.6) is 5.75 Å². The molecule has 7 heteroatoms. The third-order valence-electron chi connectivity index (χ3n) is 5.48. The first-order valence-corrected chi connectivity index (χ1v) is 11.5. The minimum absolute atomic E-state index is 0.0447. The van der Waals surface area contributed by atoms with Crippen molar-refractivity contribution < 1.29 is 14.7 Å². The zero-order valence-corrected chi connectivity index (χ0v) is 20.2. The summed E-state index contributed by atoms with van der Waals surface area (Å²) in [5.74, 6) is -0.936. The Kier molecular flexibility index (Phi) is 8.78. The molecule has 0 fully saturated rings. The van der Waals surface area contributed by atoms with E-state index in [1.807, 2.05) is 30.3 Å². The molecule has 3 aromatic carbocycles. The third-order valence-corrected chi connectivity index (χ3v) is 5.48. The van der Waals surface area contributed by atoms with Crippen LogP contribution in [0.2, 0.25) is 0 Å². The van der Waals surface area contributed by atoms with Gasteiger partial charge < -0.3 is 15.3 Å². The standard InChI is InChI=1S/C28H30N4O3/c1-4-32(5-2)23-17-15-21(16-18-23)19-25(29-27(34)22-11-7-6-8-12-22)28(35)31-30-20(3)24-13-9-10-14-26(24)33/h6-19,33H,4-5H2,1-3H3,(H,29,34)(H,31,35). The van der Waals surface area contributed by atoms with Crippen molar-refractivity contribution in [2.24, 2.45) is 5.10 Å². The third kappa shape index (κ3) is 6.80. The number of amides is 2. The molecule has 0 heterocycles. The predicted octanol–water partition coefficient (Wildman–Crippen LogP) is 4.55. The van der Waals surface area contributed by atoms with Crippen molar-refractivity contribution >= 4 is 29.3 Å². The van der Waals surface area contributed by atoms with E-state index in [0.29, 0.717) is 16.8 Å². The summed E-state index contributed by atoms with van der Waals surface area (Å²) in [7, 11) is 0. The van der Waals surface area contributed by atoms with E-state index in [-0.39, 0.29) is 11.4 Å². The Bertz CT molecular complexity index is 1210. The quantitative estimate of drug-likeness (QED) is 0.243.